The molecule has 0 saturated carbocycles. The average Bonchev–Trinajstić information content (AvgIpc) is 3.00. The Kier molecular flexibility index (Phi) is 40.9. The number of likely N-dealkylation sites (N-methyl/N-ethyl adjacent to an activating group) is 1. The van der Waals surface area contributed by atoms with Crippen molar-refractivity contribution in [2.75, 3.05) is 13.6 Å². The van der Waals surface area contributed by atoms with Crippen molar-refractivity contribution in [2.45, 2.75) is 71.8 Å². The van der Waals surface area contributed by atoms with Crippen LogP contribution in [-0.4, -0.2) is 45.0 Å². The molecule has 0 saturated heterocycles. The van der Waals surface area contributed by atoms with E-state index in [4.69, 9.17) is 26.9 Å². The Hall–Kier alpha value is -4.31. The molecule has 3 N–H and O–H groups in total. The summed E-state index contributed by atoms with van der Waals surface area (Å²) in [5.41, 5.74) is 2.02. The molecular formula is C38H64N2Na2O6. The van der Waals surface area contributed by atoms with Gasteiger partial charge in [-0.25, -0.2) is 0 Å². The molecule has 0 aliphatic carbocycles. The zero-order valence-electron chi connectivity index (χ0n) is 30.3. The van der Waals surface area contributed by atoms with E-state index >= 15 is 0 Å². The van der Waals surface area contributed by atoms with Gasteiger partial charge in [0.05, 0.1) is 6.54 Å². The maximum Gasteiger partial charge on any atom is 1.00 e. The largest absolute Gasteiger partial charge is 1.00 e. The molecule has 48 heavy (non-hydrogen) atoms. The monoisotopic (exact) mass is 690 g/mol. The van der Waals surface area contributed by atoms with E-state index < -0.39 is 11.1 Å². The van der Waals surface area contributed by atoms with E-state index in [1.54, 1.807) is 24.9 Å². The van der Waals surface area contributed by atoms with Gasteiger partial charge in [0, 0.05) is 30.7 Å². The van der Waals surface area contributed by atoms with Crippen molar-refractivity contribution in [2.24, 2.45) is 0 Å². The quantitative estimate of drug-likeness (QED) is 0.101. The molecule has 0 atom stereocenters. The number of aliphatic carboxylic acids is 1. The average molecular weight is 691 g/mol. The van der Waals surface area contributed by atoms with Crippen LogP contribution >= 0.6 is 0 Å². The molecule has 1 rings (SSSR count). The van der Waals surface area contributed by atoms with Gasteiger partial charge in [-0.15, -0.1) is 16.5 Å². The Bertz CT molecular complexity index is 1730. The predicted molar refractivity (Wildman–Crippen MR) is 209 cm³/mol. The summed E-state index contributed by atoms with van der Waals surface area (Å²) in [7, 11) is 1.75. The fraction of sp³-hybridized carbons (Fsp3) is 0.342. The summed E-state index contributed by atoms with van der Waals surface area (Å²) in [6.45, 7) is 4.35. The molecule has 0 radical (unpaired) electrons. The van der Waals surface area contributed by atoms with Crippen molar-refractivity contribution in [3.63, 3.8) is 0 Å². The van der Waals surface area contributed by atoms with Crippen LogP contribution in [0.2, 0.25) is 0 Å². The number of aromatic hydroxyl groups is 1. The van der Waals surface area contributed by atoms with Crippen LogP contribution in [-0.2, 0) is 17.8 Å². The molecule has 0 heterocycles. The molecule has 8 nitrogen and oxygen atoms in total. The van der Waals surface area contributed by atoms with Gasteiger partial charge in [-0.1, -0.05) is 63.5 Å². The summed E-state index contributed by atoms with van der Waals surface area (Å²) in [4.78, 5) is 20.8. The molecule has 0 aliphatic rings. The first-order chi connectivity index (χ1) is 22.2. The first kappa shape index (κ1) is 50.5. The van der Waals surface area contributed by atoms with E-state index in [1.807, 2.05) is 12.1 Å². The summed E-state index contributed by atoms with van der Waals surface area (Å²) in [5.74, 6) is 41.3. The van der Waals surface area contributed by atoms with E-state index in [2.05, 4.69) is 108 Å². The number of benzene rings is 1. The van der Waals surface area contributed by atoms with Gasteiger partial charge in [0.15, 0.2) is 0 Å². The van der Waals surface area contributed by atoms with E-state index in [0.29, 0.717) is 6.54 Å². The van der Waals surface area contributed by atoms with Crippen LogP contribution in [0.4, 0.5) is 0 Å². The number of rotatable bonds is 12. The van der Waals surface area contributed by atoms with Crippen LogP contribution < -0.4 is 59.1 Å². The van der Waals surface area contributed by atoms with Gasteiger partial charge in [0.25, 0.3) is 5.09 Å². The number of carbonyl (C=O) groups is 1. The van der Waals surface area contributed by atoms with Crippen molar-refractivity contribution < 1.29 is 106 Å². The summed E-state index contributed by atoms with van der Waals surface area (Å²) in [6.07, 6.45) is 14.9. The van der Waals surface area contributed by atoms with E-state index in [1.165, 1.54) is 50.5 Å². The molecule has 0 unspecified atom stereocenters. The van der Waals surface area contributed by atoms with E-state index in [0.717, 1.165) is 12.0 Å². The maximum absolute atomic E-state index is 10.7. The Morgan fingerprint density at radius 2 is 1.27 bits per heavy atom. The molecule has 0 spiro atoms. The summed E-state index contributed by atoms with van der Waals surface area (Å²) in [5, 5.41) is 32.4. The first-order valence-corrected chi connectivity index (χ1v) is 14.1. The predicted octanol–water partition coefficient (Wildman–Crippen LogP) is 1.95. The number of hydrogen-bond donors (Lipinski definition) is 3. The number of terminal acetylenes is 1. The van der Waals surface area contributed by atoms with Crippen molar-refractivity contribution in [3.8, 4) is 113 Å². The number of hydrogen-bond acceptors (Lipinski definition) is 5. The fourth-order valence-corrected chi connectivity index (χ4v) is 3.29. The minimum absolute atomic E-state index is 0. The van der Waals surface area contributed by atoms with Crippen LogP contribution in [0.3, 0.4) is 0 Å². The van der Waals surface area contributed by atoms with Gasteiger partial charge < -0.3 is 18.3 Å². The zero-order valence-corrected chi connectivity index (χ0v) is 32.3. The fourth-order valence-electron chi connectivity index (χ4n) is 3.29. The zero-order chi connectivity index (χ0) is 34.7. The Morgan fingerprint density at radius 3 is 1.69 bits per heavy atom. The Labute approximate surface area is 352 Å². The second kappa shape index (κ2) is 38.9. The molecule has 0 amide bonds. The van der Waals surface area contributed by atoms with Crippen LogP contribution in [0.5, 0.6) is 5.75 Å². The molecule has 0 fully saturated rings. The third kappa shape index (κ3) is 39.7. The van der Waals surface area contributed by atoms with Gasteiger partial charge in [0.1, 0.15) is 5.75 Å². The summed E-state index contributed by atoms with van der Waals surface area (Å²) < 4.78 is 0. The number of carboxylic acid groups (broad SMARTS) is 1. The third-order valence-electron chi connectivity index (χ3n) is 5.13. The van der Waals surface area contributed by atoms with E-state index in [-0.39, 0.29) is 92.8 Å². The normalized spacial score (nSPS) is 7.31. The second-order valence-electron chi connectivity index (χ2n) is 8.91. The summed E-state index contributed by atoms with van der Waals surface area (Å²) >= 11 is 0. The SMILES string of the molecule is C#CC#CC#CC#CC#CC#CC#CC#CC#CC.CCCCCCCCCc1ccc(O)c(CN(C)CC(=O)O)c1.O=[N+]([O-])O.[H-].[H-].[HH].[HH].[HH].[HH].[HH].[HH].[HH].[HH].[HH].[HH].[HH].[HH].[HH].[Na+].[Na+]. The van der Waals surface area contributed by atoms with Gasteiger partial charge in [-0.3, -0.25) is 9.69 Å². The van der Waals surface area contributed by atoms with Gasteiger partial charge in [0.2, 0.25) is 0 Å². The molecule has 0 aliphatic heterocycles. The van der Waals surface area contributed by atoms with Crippen molar-refractivity contribution in [3.05, 3.63) is 39.4 Å². The van der Waals surface area contributed by atoms with Crippen LogP contribution in [0.1, 0.15) is 91.3 Å². The van der Waals surface area contributed by atoms with Crippen molar-refractivity contribution in [1.82, 2.24) is 4.90 Å². The first-order valence-electron chi connectivity index (χ1n) is 14.1. The summed E-state index contributed by atoms with van der Waals surface area (Å²) in [6, 6.07) is 5.69. The number of phenolic OH excluding ortho intramolecular Hbond substituents is 1. The number of nitrogens with zero attached hydrogens (tertiary/aromatic N) is 2. The molecule has 0 bridgehead atoms. The maximum atomic E-state index is 10.7. The standard InChI is InChI=1S/C19H31NO3.C19H4.HNO3.2Na.13H2.2H/c1-3-4-5-6-7-8-9-10-16-11-12-18(21)17(13-16)14-20(2)15-19(22)23;1-3-5-7-9-11-13-15-17-19-18-16-14-12-10-8-6-4-2;2-1(3)4;;;;;;;;;;;;;;;;;/h11-13,21H,3-10,14-15H2,1-2H3,(H,22,23);1H,2H3;(H,2,3,4);;;13*1H;;/q;;;2*+1;;;;;;;;;;;;;;2*-1. The van der Waals surface area contributed by atoms with Crippen LogP contribution in [0.25, 0.3) is 0 Å². The van der Waals surface area contributed by atoms with Gasteiger partial charge in [-0.05, 0) is 133 Å². The molecular weight excluding hydrogens is 626 g/mol. The topological polar surface area (TPSA) is 124 Å². The van der Waals surface area contributed by atoms with Crippen LogP contribution in [0, 0.1) is 117 Å². The smallest absolute Gasteiger partial charge is 1.00 e. The Balaban J connectivity index is -0.0000000268. The van der Waals surface area contributed by atoms with Gasteiger partial charge in [-0.2, -0.15) is 0 Å². The van der Waals surface area contributed by atoms with Crippen molar-refractivity contribution in [1.29, 1.82) is 0 Å². The molecule has 0 aromatic heterocycles. The molecule has 1 aromatic carbocycles. The molecule has 264 valence electrons. The molecule has 1 aromatic rings. The number of aryl methyl sites for hydroxylation is 1. The third-order valence-corrected chi connectivity index (χ3v) is 5.13. The number of unbranched alkanes of at least 4 members (excludes halogenated alkanes) is 6. The van der Waals surface area contributed by atoms with Gasteiger partial charge >= 0.3 is 65.1 Å². The number of carboxylic acids is 1. The van der Waals surface area contributed by atoms with Crippen molar-refractivity contribution >= 4 is 5.97 Å². The van der Waals surface area contributed by atoms with E-state index in [9.17, 15) is 9.90 Å². The molecule has 10 heteroatoms. The minimum atomic E-state index is -1.50. The second-order valence-corrected chi connectivity index (χ2v) is 8.91. The number of phenols is 1. The van der Waals surface area contributed by atoms with Crippen LogP contribution in [0.15, 0.2) is 18.2 Å². The minimum Gasteiger partial charge on any atom is -1.00 e. The Morgan fingerprint density at radius 1 is 0.854 bits per heavy atom.